The molecule has 0 saturated heterocycles. The van der Waals surface area contributed by atoms with Gasteiger partial charge in [0, 0.05) is 12.0 Å². The summed E-state index contributed by atoms with van der Waals surface area (Å²) in [5, 5.41) is 0. The largest absolute Gasteiger partial charge is 0.272 e. The average Bonchev–Trinajstić information content (AvgIpc) is 3.23. The lowest BCUT2D eigenvalue weighted by atomic mass is 9.94. The SMILES string of the molecule is C=CC/C(=C\C=C(/C=C)C(F)(F)CC)CC(C)C1CC1. The van der Waals surface area contributed by atoms with Crippen LogP contribution in [0.15, 0.2) is 48.6 Å². The molecule has 0 aromatic rings. The van der Waals surface area contributed by atoms with E-state index >= 15 is 0 Å². The maximum absolute atomic E-state index is 13.7. The van der Waals surface area contributed by atoms with Crippen LogP contribution in [-0.2, 0) is 0 Å². The number of alkyl halides is 2. The van der Waals surface area contributed by atoms with Gasteiger partial charge >= 0.3 is 0 Å². The van der Waals surface area contributed by atoms with Crippen LogP contribution in [0.4, 0.5) is 8.78 Å². The zero-order valence-electron chi connectivity index (χ0n) is 12.7. The van der Waals surface area contributed by atoms with Gasteiger partial charge in [0.15, 0.2) is 0 Å². The van der Waals surface area contributed by atoms with Gasteiger partial charge in [-0.25, -0.2) is 8.78 Å². The first-order valence-electron chi connectivity index (χ1n) is 7.46. The van der Waals surface area contributed by atoms with Crippen LogP contribution < -0.4 is 0 Å². The van der Waals surface area contributed by atoms with Crippen LogP contribution in [0.2, 0.25) is 0 Å². The van der Waals surface area contributed by atoms with Gasteiger partial charge in [0.2, 0.25) is 0 Å². The Labute approximate surface area is 122 Å². The van der Waals surface area contributed by atoms with Crippen molar-refractivity contribution in [2.45, 2.75) is 51.9 Å². The Balaban J connectivity index is 2.82. The maximum Gasteiger partial charge on any atom is 0.272 e. The Bertz CT molecular complexity index is 398. The number of hydrogen-bond acceptors (Lipinski definition) is 0. The van der Waals surface area contributed by atoms with Crippen molar-refractivity contribution in [2.24, 2.45) is 11.8 Å². The number of allylic oxidation sites excluding steroid dienone is 6. The lowest BCUT2D eigenvalue weighted by molar-refractivity contribution is 0.0415. The summed E-state index contributed by atoms with van der Waals surface area (Å²) in [6, 6.07) is 0. The van der Waals surface area contributed by atoms with E-state index in [1.807, 2.05) is 12.2 Å². The van der Waals surface area contributed by atoms with E-state index in [9.17, 15) is 8.78 Å². The van der Waals surface area contributed by atoms with Crippen LogP contribution in [0, 0.1) is 11.8 Å². The Kier molecular flexibility index (Phi) is 6.38. The van der Waals surface area contributed by atoms with Crippen LogP contribution in [0.1, 0.15) is 46.0 Å². The molecule has 1 saturated carbocycles. The fourth-order valence-electron chi connectivity index (χ4n) is 2.40. The molecule has 0 aromatic carbocycles. The van der Waals surface area contributed by atoms with Crippen LogP contribution in [0.5, 0.6) is 0 Å². The summed E-state index contributed by atoms with van der Waals surface area (Å²) in [6.07, 6.45) is 10.6. The minimum atomic E-state index is -2.79. The van der Waals surface area contributed by atoms with Crippen LogP contribution >= 0.6 is 0 Å². The molecule has 2 heteroatoms. The predicted molar refractivity (Wildman–Crippen MR) is 82.9 cm³/mol. The molecule has 0 aromatic heterocycles. The molecular formula is C18H26F2. The van der Waals surface area contributed by atoms with Gasteiger partial charge < -0.3 is 0 Å². The van der Waals surface area contributed by atoms with E-state index in [0.29, 0.717) is 5.92 Å². The molecule has 1 fully saturated rings. The third-order valence-electron chi connectivity index (χ3n) is 4.00. The molecule has 0 spiro atoms. The van der Waals surface area contributed by atoms with Gasteiger partial charge in [0.05, 0.1) is 0 Å². The van der Waals surface area contributed by atoms with Crippen molar-refractivity contribution >= 4 is 0 Å². The molecule has 0 amide bonds. The summed E-state index contributed by atoms with van der Waals surface area (Å²) in [5.41, 5.74) is 1.17. The first kappa shape index (κ1) is 16.9. The Morgan fingerprint density at radius 2 is 1.95 bits per heavy atom. The molecule has 0 bridgehead atoms. The van der Waals surface area contributed by atoms with Crippen LogP contribution in [-0.4, -0.2) is 5.92 Å². The zero-order valence-corrected chi connectivity index (χ0v) is 12.7. The fourth-order valence-corrected chi connectivity index (χ4v) is 2.40. The molecule has 1 rings (SSSR count). The quantitative estimate of drug-likeness (QED) is 0.354. The first-order chi connectivity index (χ1) is 9.44. The van der Waals surface area contributed by atoms with Crippen molar-refractivity contribution in [3.05, 3.63) is 48.6 Å². The molecule has 0 N–H and O–H groups in total. The van der Waals surface area contributed by atoms with E-state index in [1.165, 1.54) is 37.5 Å². The molecule has 0 nitrogen and oxygen atoms in total. The van der Waals surface area contributed by atoms with Crippen molar-refractivity contribution in [1.29, 1.82) is 0 Å². The highest BCUT2D eigenvalue weighted by Crippen LogP contribution is 2.40. The Hall–Kier alpha value is -1.18. The molecule has 112 valence electrons. The minimum Gasteiger partial charge on any atom is -0.201 e. The molecule has 0 aliphatic heterocycles. The number of halogens is 2. The molecule has 20 heavy (non-hydrogen) atoms. The number of rotatable bonds is 9. The molecule has 0 heterocycles. The normalized spacial score (nSPS) is 18.8. The highest BCUT2D eigenvalue weighted by atomic mass is 19.3. The summed E-state index contributed by atoms with van der Waals surface area (Å²) in [6.45, 7) is 11.0. The van der Waals surface area contributed by atoms with Gasteiger partial charge in [0.1, 0.15) is 0 Å². The molecule has 0 radical (unpaired) electrons. The second kappa shape index (κ2) is 7.56. The summed E-state index contributed by atoms with van der Waals surface area (Å²) in [7, 11) is 0. The summed E-state index contributed by atoms with van der Waals surface area (Å²) in [5.74, 6) is -1.34. The minimum absolute atomic E-state index is 0.000590. The van der Waals surface area contributed by atoms with Crippen LogP contribution in [0.3, 0.4) is 0 Å². The fraction of sp³-hybridized carbons (Fsp3) is 0.556. The van der Waals surface area contributed by atoms with Crippen molar-refractivity contribution < 1.29 is 8.78 Å². The van der Waals surface area contributed by atoms with E-state index in [1.54, 1.807) is 0 Å². The summed E-state index contributed by atoms with van der Waals surface area (Å²) < 4.78 is 27.3. The number of hydrogen-bond donors (Lipinski definition) is 0. The maximum atomic E-state index is 13.7. The topological polar surface area (TPSA) is 0 Å². The van der Waals surface area contributed by atoms with Gasteiger partial charge in [-0.1, -0.05) is 50.3 Å². The third-order valence-corrected chi connectivity index (χ3v) is 4.00. The van der Waals surface area contributed by atoms with E-state index in [4.69, 9.17) is 0 Å². The lowest BCUT2D eigenvalue weighted by Gasteiger charge is -2.15. The highest BCUT2D eigenvalue weighted by molar-refractivity contribution is 5.30. The molecule has 1 unspecified atom stereocenters. The van der Waals surface area contributed by atoms with Gasteiger partial charge in [-0.2, -0.15) is 0 Å². The zero-order chi connectivity index (χ0) is 15.2. The Morgan fingerprint density at radius 3 is 2.40 bits per heavy atom. The molecule has 1 aliphatic rings. The molecule has 1 atom stereocenters. The first-order valence-corrected chi connectivity index (χ1v) is 7.46. The van der Waals surface area contributed by atoms with Gasteiger partial charge in [-0.3, -0.25) is 0 Å². The van der Waals surface area contributed by atoms with E-state index in [0.717, 1.165) is 18.8 Å². The van der Waals surface area contributed by atoms with E-state index in [-0.39, 0.29) is 12.0 Å². The van der Waals surface area contributed by atoms with Gasteiger partial charge in [-0.05, 0) is 37.5 Å². The highest BCUT2D eigenvalue weighted by Gasteiger charge is 2.30. The van der Waals surface area contributed by atoms with Crippen molar-refractivity contribution in [3.8, 4) is 0 Å². The molecule has 1 aliphatic carbocycles. The van der Waals surface area contributed by atoms with Crippen molar-refractivity contribution in [3.63, 3.8) is 0 Å². The Morgan fingerprint density at radius 1 is 1.30 bits per heavy atom. The van der Waals surface area contributed by atoms with Crippen LogP contribution in [0.25, 0.3) is 0 Å². The second-order valence-electron chi connectivity index (χ2n) is 5.72. The van der Waals surface area contributed by atoms with Gasteiger partial charge in [-0.15, -0.1) is 6.58 Å². The van der Waals surface area contributed by atoms with Gasteiger partial charge in [0.25, 0.3) is 5.92 Å². The summed E-state index contributed by atoms with van der Waals surface area (Å²) >= 11 is 0. The standard InChI is InChI=1S/C18H26F2/c1-5-8-15(13-14(4)16-10-11-16)9-12-17(6-2)18(19,20)7-3/h5-6,9,12,14,16H,1-2,7-8,10-11,13H2,3-4H3/b15-9+,17-12+. The molecular weight excluding hydrogens is 254 g/mol. The van der Waals surface area contributed by atoms with E-state index < -0.39 is 5.92 Å². The monoisotopic (exact) mass is 280 g/mol. The third kappa shape index (κ3) is 5.07. The van der Waals surface area contributed by atoms with Crippen molar-refractivity contribution in [2.75, 3.05) is 0 Å². The average molecular weight is 280 g/mol. The van der Waals surface area contributed by atoms with Crippen molar-refractivity contribution in [1.82, 2.24) is 0 Å². The van der Waals surface area contributed by atoms with E-state index in [2.05, 4.69) is 20.1 Å². The summed E-state index contributed by atoms with van der Waals surface area (Å²) in [4.78, 5) is 0. The predicted octanol–water partition coefficient (Wildman–Crippen LogP) is 6.08. The second-order valence-corrected chi connectivity index (χ2v) is 5.72. The lowest BCUT2D eigenvalue weighted by Crippen LogP contribution is -2.16. The smallest absolute Gasteiger partial charge is 0.201 e.